The first-order chi connectivity index (χ1) is 8.15. The molecule has 1 amide bonds. The van der Waals surface area contributed by atoms with Crippen LogP contribution in [0.1, 0.15) is 0 Å². The number of rotatable bonds is 3. The molecule has 0 unspecified atom stereocenters. The number of aromatic hydroxyl groups is 1. The van der Waals surface area contributed by atoms with Gasteiger partial charge in [0.15, 0.2) is 0 Å². The van der Waals surface area contributed by atoms with Crippen molar-refractivity contribution >= 4 is 23.2 Å². The van der Waals surface area contributed by atoms with Crippen LogP contribution in [0.15, 0.2) is 30.9 Å². The van der Waals surface area contributed by atoms with Crippen molar-refractivity contribution in [3.63, 3.8) is 0 Å². The zero-order chi connectivity index (χ0) is 12.3. The highest BCUT2D eigenvalue weighted by Crippen LogP contribution is 2.25. The predicted octanol–water partition coefficient (Wildman–Crippen LogP) is 1.28. The fraction of sp³-hybridized carbons (Fsp3) is 0.100. The molecule has 0 spiro atoms. The number of phenolic OH excluding ortho intramolecular Hbond substituents is 1. The molecule has 7 heteroatoms. The number of hydrogen-bond acceptors (Lipinski definition) is 4. The normalized spacial score (nSPS) is 10.2. The predicted molar refractivity (Wildman–Crippen MR) is 61.8 cm³/mol. The second-order valence-electron chi connectivity index (χ2n) is 3.31. The molecule has 17 heavy (non-hydrogen) atoms. The van der Waals surface area contributed by atoms with Gasteiger partial charge in [0.25, 0.3) is 0 Å². The summed E-state index contributed by atoms with van der Waals surface area (Å²) in [4.78, 5) is 15.3. The third-order valence-electron chi connectivity index (χ3n) is 2.00. The first-order valence-electron chi connectivity index (χ1n) is 4.76. The van der Waals surface area contributed by atoms with E-state index < -0.39 is 0 Å². The molecule has 88 valence electrons. The molecule has 6 nitrogen and oxygen atoms in total. The molecule has 1 aromatic carbocycles. The van der Waals surface area contributed by atoms with Crippen LogP contribution in [0, 0.1) is 0 Å². The molecule has 0 radical (unpaired) electrons. The lowest BCUT2D eigenvalue weighted by Crippen LogP contribution is -2.18. The van der Waals surface area contributed by atoms with Crippen molar-refractivity contribution in [1.82, 2.24) is 14.8 Å². The molecule has 2 N–H and O–H groups in total. The molecule has 0 aliphatic carbocycles. The summed E-state index contributed by atoms with van der Waals surface area (Å²) in [7, 11) is 0. The minimum Gasteiger partial charge on any atom is -0.506 e. The topological polar surface area (TPSA) is 80.0 Å². The SMILES string of the molecule is O=C(Cn1cncn1)Nc1ccc(O)c(Cl)c1. The Kier molecular flexibility index (Phi) is 3.24. The van der Waals surface area contributed by atoms with E-state index in [0.29, 0.717) is 5.69 Å². The van der Waals surface area contributed by atoms with Crippen molar-refractivity contribution in [2.24, 2.45) is 0 Å². The monoisotopic (exact) mass is 252 g/mol. The first-order valence-corrected chi connectivity index (χ1v) is 5.14. The lowest BCUT2D eigenvalue weighted by Gasteiger charge is -2.06. The third kappa shape index (κ3) is 2.94. The Morgan fingerprint density at radius 3 is 3.00 bits per heavy atom. The summed E-state index contributed by atoms with van der Waals surface area (Å²) in [5.41, 5.74) is 0.512. The molecule has 0 aliphatic heterocycles. The minimum atomic E-state index is -0.253. The van der Waals surface area contributed by atoms with Gasteiger partial charge in [0, 0.05) is 5.69 Å². The number of hydrogen-bond donors (Lipinski definition) is 2. The average molecular weight is 253 g/mol. The largest absolute Gasteiger partial charge is 0.506 e. The molecule has 1 aromatic heterocycles. The van der Waals surface area contributed by atoms with Gasteiger partial charge in [-0.15, -0.1) is 0 Å². The van der Waals surface area contributed by atoms with Crippen molar-refractivity contribution in [3.05, 3.63) is 35.9 Å². The van der Waals surface area contributed by atoms with Crippen LogP contribution in [0.3, 0.4) is 0 Å². The molecule has 0 fully saturated rings. The van der Waals surface area contributed by atoms with E-state index in [-0.39, 0.29) is 23.2 Å². The third-order valence-corrected chi connectivity index (χ3v) is 2.31. The Balaban J connectivity index is 2.00. The molecule has 2 rings (SSSR count). The molecule has 0 aliphatic rings. The smallest absolute Gasteiger partial charge is 0.246 e. The first kappa shape index (κ1) is 11.4. The number of carbonyl (C=O) groups excluding carboxylic acids is 1. The van der Waals surface area contributed by atoms with Crippen LogP contribution in [-0.4, -0.2) is 25.8 Å². The van der Waals surface area contributed by atoms with E-state index in [1.165, 1.54) is 29.5 Å². The van der Waals surface area contributed by atoms with E-state index >= 15 is 0 Å². The van der Waals surface area contributed by atoms with Crippen molar-refractivity contribution in [2.75, 3.05) is 5.32 Å². The number of anilines is 1. The zero-order valence-electron chi connectivity index (χ0n) is 8.67. The highest BCUT2D eigenvalue weighted by atomic mass is 35.5. The molecule has 1 heterocycles. The Labute approximate surface area is 102 Å². The number of nitrogens with one attached hydrogen (secondary N) is 1. The summed E-state index contributed by atoms with van der Waals surface area (Å²) >= 11 is 5.71. The van der Waals surface area contributed by atoms with Crippen molar-refractivity contribution in [2.45, 2.75) is 6.54 Å². The van der Waals surface area contributed by atoms with Crippen LogP contribution in [-0.2, 0) is 11.3 Å². The molecule has 0 saturated carbocycles. The van der Waals surface area contributed by atoms with Gasteiger partial charge in [-0.1, -0.05) is 11.6 Å². The van der Waals surface area contributed by atoms with Gasteiger partial charge >= 0.3 is 0 Å². The Morgan fingerprint density at radius 1 is 1.53 bits per heavy atom. The molecule has 2 aromatic rings. The summed E-state index contributed by atoms with van der Waals surface area (Å²) in [6.45, 7) is 0.0680. The van der Waals surface area contributed by atoms with E-state index in [4.69, 9.17) is 11.6 Å². The van der Waals surface area contributed by atoms with Crippen molar-refractivity contribution in [3.8, 4) is 5.75 Å². The summed E-state index contributed by atoms with van der Waals surface area (Å²) in [6.07, 6.45) is 2.80. The Bertz CT molecular complexity index is 527. The Hall–Kier alpha value is -2.08. The number of halogens is 1. The summed E-state index contributed by atoms with van der Waals surface area (Å²) in [6, 6.07) is 4.43. The van der Waals surface area contributed by atoms with Gasteiger partial charge in [0.05, 0.1) is 5.02 Å². The van der Waals surface area contributed by atoms with Crippen LogP contribution in [0.25, 0.3) is 0 Å². The number of phenols is 1. The maximum Gasteiger partial charge on any atom is 0.246 e. The molecule has 0 saturated heterocycles. The van der Waals surface area contributed by atoms with E-state index in [1.807, 2.05) is 0 Å². The highest BCUT2D eigenvalue weighted by Gasteiger charge is 2.05. The lowest BCUT2D eigenvalue weighted by atomic mass is 10.3. The van der Waals surface area contributed by atoms with E-state index in [2.05, 4.69) is 15.4 Å². The standard InChI is InChI=1S/C10H9ClN4O2/c11-8-3-7(1-2-9(8)16)14-10(17)4-15-6-12-5-13-15/h1-3,5-6,16H,4H2,(H,14,17). The quantitative estimate of drug-likeness (QED) is 0.807. The van der Waals surface area contributed by atoms with Crippen LogP contribution >= 0.6 is 11.6 Å². The second-order valence-corrected chi connectivity index (χ2v) is 3.71. The van der Waals surface area contributed by atoms with Gasteiger partial charge in [-0.05, 0) is 18.2 Å². The average Bonchev–Trinajstić information content (AvgIpc) is 2.76. The zero-order valence-corrected chi connectivity index (χ0v) is 9.42. The molecule has 0 bridgehead atoms. The van der Waals surface area contributed by atoms with Crippen molar-refractivity contribution in [1.29, 1.82) is 0 Å². The number of nitrogens with zero attached hydrogens (tertiary/aromatic N) is 3. The van der Waals surface area contributed by atoms with Crippen LogP contribution in [0.5, 0.6) is 5.75 Å². The van der Waals surface area contributed by atoms with Crippen molar-refractivity contribution < 1.29 is 9.90 Å². The number of amides is 1. The van der Waals surface area contributed by atoms with E-state index in [1.54, 1.807) is 6.07 Å². The van der Waals surface area contributed by atoms with Gasteiger partial charge < -0.3 is 10.4 Å². The van der Waals surface area contributed by atoms with Gasteiger partial charge in [0.2, 0.25) is 5.91 Å². The van der Waals surface area contributed by atoms with Crippen LogP contribution in [0.2, 0.25) is 5.02 Å². The minimum absolute atomic E-state index is 0.0269. The fourth-order valence-electron chi connectivity index (χ4n) is 1.25. The van der Waals surface area contributed by atoms with Gasteiger partial charge in [0.1, 0.15) is 24.9 Å². The maximum absolute atomic E-state index is 11.6. The number of carbonyl (C=O) groups is 1. The number of benzene rings is 1. The molecular formula is C10H9ClN4O2. The summed E-state index contributed by atoms with van der Waals surface area (Å²) in [5, 5.41) is 15.8. The van der Waals surface area contributed by atoms with Gasteiger partial charge in [-0.3, -0.25) is 4.79 Å². The van der Waals surface area contributed by atoms with E-state index in [0.717, 1.165) is 0 Å². The summed E-state index contributed by atoms with van der Waals surface area (Å²) in [5.74, 6) is -0.279. The maximum atomic E-state index is 11.6. The fourth-order valence-corrected chi connectivity index (χ4v) is 1.43. The van der Waals surface area contributed by atoms with Crippen LogP contribution in [0.4, 0.5) is 5.69 Å². The van der Waals surface area contributed by atoms with E-state index in [9.17, 15) is 9.90 Å². The number of aromatic nitrogens is 3. The van der Waals surface area contributed by atoms with Gasteiger partial charge in [-0.25, -0.2) is 9.67 Å². The second kappa shape index (κ2) is 4.84. The summed E-state index contributed by atoms with van der Waals surface area (Å²) < 4.78 is 1.40. The Morgan fingerprint density at radius 2 is 2.35 bits per heavy atom. The molecular weight excluding hydrogens is 244 g/mol. The highest BCUT2D eigenvalue weighted by molar-refractivity contribution is 6.32. The van der Waals surface area contributed by atoms with Crippen LogP contribution < -0.4 is 5.32 Å². The lowest BCUT2D eigenvalue weighted by molar-refractivity contribution is -0.116. The molecule has 0 atom stereocenters. The van der Waals surface area contributed by atoms with Gasteiger partial charge in [-0.2, -0.15) is 5.10 Å².